The Labute approximate surface area is 89.6 Å². The summed E-state index contributed by atoms with van der Waals surface area (Å²) in [6.07, 6.45) is 0. The summed E-state index contributed by atoms with van der Waals surface area (Å²) in [6, 6.07) is 3.53. The van der Waals surface area contributed by atoms with Crippen LogP contribution in [0.3, 0.4) is 0 Å². The lowest BCUT2D eigenvalue weighted by atomic mass is 10.3. The van der Waals surface area contributed by atoms with Crippen LogP contribution in [-0.4, -0.2) is 25.9 Å². The van der Waals surface area contributed by atoms with Gasteiger partial charge >= 0.3 is 0 Å². The van der Waals surface area contributed by atoms with E-state index < -0.39 is 28.0 Å². The summed E-state index contributed by atoms with van der Waals surface area (Å²) in [5.74, 6) is -1.03. The zero-order chi connectivity index (χ0) is 10.8. The first-order valence-electron chi connectivity index (χ1n) is 3.76. The van der Waals surface area contributed by atoms with Gasteiger partial charge in [-0.25, -0.2) is 12.8 Å². The highest BCUT2D eigenvalue weighted by Gasteiger charge is 2.15. The van der Waals surface area contributed by atoms with Gasteiger partial charge in [-0.1, -0.05) is 0 Å². The topological polar surface area (TPSA) is 54.4 Å². The quantitative estimate of drug-likeness (QED) is 0.911. The molecule has 0 radical (unpaired) electrons. The molecule has 0 aliphatic carbocycles. The van der Waals surface area contributed by atoms with Gasteiger partial charge in [0, 0.05) is 0 Å². The summed E-state index contributed by atoms with van der Waals surface area (Å²) in [7, 11) is -3.56. The van der Waals surface area contributed by atoms with Gasteiger partial charge in [0.1, 0.15) is 5.82 Å². The third-order valence-electron chi connectivity index (χ3n) is 1.61. The lowest BCUT2D eigenvalue weighted by Crippen LogP contribution is -2.10. The molecule has 0 aliphatic rings. The average molecular weight is 283 g/mol. The second kappa shape index (κ2) is 4.37. The molecule has 1 rings (SSSR count). The molecule has 1 aromatic rings. The van der Waals surface area contributed by atoms with Gasteiger partial charge in [-0.3, -0.25) is 0 Å². The smallest absolute Gasteiger partial charge is 0.180 e. The number of aliphatic hydroxyl groups is 1. The molecule has 0 spiro atoms. The van der Waals surface area contributed by atoms with E-state index in [0.29, 0.717) is 0 Å². The number of rotatable bonds is 3. The molecule has 0 aliphatic heterocycles. The van der Waals surface area contributed by atoms with E-state index in [-0.39, 0.29) is 9.37 Å². The highest BCUT2D eigenvalue weighted by molar-refractivity contribution is 9.10. The zero-order valence-electron chi connectivity index (χ0n) is 7.07. The predicted molar refractivity (Wildman–Crippen MR) is 53.2 cm³/mol. The summed E-state index contributed by atoms with van der Waals surface area (Å²) >= 11 is 2.92. The van der Waals surface area contributed by atoms with Crippen LogP contribution in [0.15, 0.2) is 27.6 Å². The summed E-state index contributed by atoms with van der Waals surface area (Å²) < 4.78 is 35.9. The molecule has 1 aromatic carbocycles. The molecule has 0 amide bonds. The molecule has 6 heteroatoms. The molecule has 0 unspecified atom stereocenters. The standard InChI is InChI=1S/C8H8BrFO3S/c9-7-2-1-6(5-8(7)10)14(12,13)4-3-11/h1-2,5,11H,3-4H2. The fraction of sp³-hybridized carbons (Fsp3) is 0.250. The predicted octanol–water partition coefficient (Wildman–Crippen LogP) is 1.35. The van der Waals surface area contributed by atoms with Crippen LogP contribution in [0.4, 0.5) is 4.39 Å². The Balaban J connectivity index is 3.15. The van der Waals surface area contributed by atoms with Crippen LogP contribution >= 0.6 is 15.9 Å². The van der Waals surface area contributed by atoms with Gasteiger partial charge in [-0.2, -0.15) is 0 Å². The molecule has 0 aromatic heterocycles. The minimum absolute atomic E-state index is 0.118. The minimum atomic E-state index is -3.56. The van der Waals surface area contributed by atoms with E-state index in [0.717, 1.165) is 6.07 Å². The van der Waals surface area contributed by atoms with Crippen molar-refractivity contribution in [3.8, 4) is 0 Å². The van der Waals surface area contributed by atoms with Crippen molar-refractivity contribution < 1.29 is 17.9 Å². The Morgan fingerprint density at radius 1 is 1.43 bits per heavy atom. The summed E-state index contributed by atoms with van der Waals surface area (Å²) in [5.41, 5.74) is 0. The number of sulfone groups is 1. The first-order chi connectivity index (χ1) is 6.47. The van der Waals surface area contributed by atoms with Gasteiger partial charge in [-0.15, -0.1) is 0 Å². The maximum atomic E-state index is 13.0. The first-order valence-corrected chi connectivity index (χ1v) is 6.20. The van der Waals surface area contributed by atoms with Crippen molar-refractivity contribution >= 4 is 25.8 Å². The van der Waals surface area contributed by atoms with Crippen LogP contribution in [0.2, 0.25) is 0 Å². The maximum Gasteiger partial charge on any atom is 0.180 e. The van der Waals surface area contributed by atoms with E-state index >= 15 is 0 Å². The van der Waals surface area contributed by atoms with Gasteiger partial charge < -0.3 is 5.11 Å². The van der Waals surface area contributed by atoms with Crippen molar-refractivity contribution in [3.63, 3.8) is 0 Å². The number of hydrogen-bond donors (Lipinski definition) is 1. The largest absolute Gasteiger partial charge is 0.395 e. The molecule has 0 saturated heterocycles. The third-order valence-corrected chi connectivity index (χ3v) is 3.95. The molecule has 1 N–H and O–H groups in total. The molecule has 0 heterocycles. The summed E-state index contributed by atoms with van der Waals surface area (Å²) in [5, 5.41) is 8.50. The Kier molecular flexibility index (Phi) is 3.63. The van der Waals surface area contributed by atoms with Gasteiger partial charge in [0.15, 0.2) is 9.84 Å². The number of benzene rings is 1. The highest BCUT2D eigenvalue weighted by Crippen LogP contribution is 2.19. The summed E-state index contributed by atoms with van der Waals surface area (Å²) in [4.78, 5) is -0.118. The Morgan fingerprint density at radius 3 is 2.57 bits per heavy atom. The van der Waals surface area contributed by atoms with Crippen LogP contribution in [0.5, 0.6) is 0 Å². The fourth-order valence-corrected chi connectivity index (χ4v) is 2.19. The highest BCUT2D eigenvalue weighted by atomic mass is 79.9. The monoisotopic (exact) mass is 282 g/mol. The van der Waals surface area contributed by atoms with E-state index in [4.69, 9.17) is 5.11 Å². The molecular weight excluding hydrogens is 275 g/mol. The normalized spacial score (nSPS) is 11.6. The van der Waals surface area contributed by atoms with Crippen LogP contribution in [0, 0.1) is 5.82 Å². The lowest BCUT2D eigenvalue weighted by molar-refractivity contribution is 0.319. The molecule has 78 valence electrons. The molecule has 14 heavy (non-hydrogen) atoms. The van der Waals surface area contributed by atoms with E-state index in [1.165, 1.54) is 12.1 Å². The molecule has 3 nitrogen and oxygen atoms in total. The second-order valence-corrected chi connectivity index (χ2v) is 5.58. The van der Waals surface area contributed by atoms with Crippen LogP contribution < -0.4 is 0 Å². The minimum Gasteiger partial charge on any atom is -0.395 e. The first kappa shape index (κ1) is 11.6. The van der Waals surface area contributed by atoms with Crippen LogP contribution in [-0.2, 0) is 9.84 Å². The van der Waals surface area contributed by atoms with E-state index in [2.05, 4.69) is 15.9 Å². The average Bonchev–Trinajstić information content (AvgIpc) is 2.09. The van der Waals surface area contributed by atoms with E-state index in [1.807, 2.05) is 0 Å². The van der Waals surface area contributed by atoms with Crippen LogP contribution in [0.1, 0.15) is 0 Å². The SMILES string of the molecule is O=S(=O)(CCO)c1ccc(Br)c(F)c1. The third kappa shape index (κ3) is 2.52. The molecular formula is C8H8BrFO3S. The van der Waals surface area contributed by atoms with Crippen molar-refractivity contribution in [1.82, 2.24) is 0 Å². The van der Waals surface area contributed by atoms with Crippen molar-refractivity contribution in [1.29, 1.82) is 0 Å². The Hall–Kier alpha value is -0.460. The van der Waals surface area contributed by atoms with Gasteiger partial charge in [0.05, 0.1) is 21.7 Å². The Bertz CT molecular complexity index is 430. The zero-order valence-corrected chi connectivity index (χ0v) is 9.48. The fourth-order valence-electron chi connectivity index (χ4n) is 0.908. The number of hydrogen-bond acceptors (Lipinski definition) is 3. The van der Waals surface area contributed by atoms with E-state index in [9.17, 15) is 12.8 Å². The van der Waals surface area contributed by atoms with Crippen molar-refractivity contribution in [3.05, 3.63) is 28.5 Å². The van der Waals surface area contributed by atoms with Gasteiger partial charge in [-0.05, 0) is 34.1 Å². The van der Waals surface area contributed by atoms with Crippen molar-refractivity contribution in [2.45, 2.75) is 4.90 Å². The number of halogens is 2. The maximum absolute atomic E-state index is 13.0. The molecule has 0 saturated carbocycles. The lowest BCUT2D eigenvalue weighted by Gasteiger charge is -2.02. The summed E-state index contributed by atoms with van der Waals surface area (Å²) in [6.45, 7) is -0.472. The molecule has 0 bridgehead atoms. The second-order valence-electron chi connectivity index (χ2n) is 2.62. The van der Waals surface area contributed by atoms with Crippen LogP contribution in [0.25, 0.3) is 0 Å². The van der Waals surface area contributed by atoms with Crippen molar-refractivity contribution in [2.24, 2.45) is 0 Å². The molecule has 0 fully saturated rings. The molecule has 0 atom stereocenters. The van der Waals surface area contributed by atoms with Crippen molar-refractivity contribution in [2.75, 3.05) is 12.4 Å². The van der Waals surface area contributed by atoms with E-state index in [1.54, 1.807) is 0 Å². The Morgan fingerprint density at radius 2 is 2.07 bits per heavy atom. The number of aliphatic hydroxyl groups excluding tert-OH is 1. The van der Waals surface area contributed by atoms with Gasteiger partial charge in [0.25, 0.3) is 0 Å². The van der Waals surface area contributed by atoms with Gasteiger partial charge in [0.2, 0.25) is 0 Å².